The van der Waals surface area contributed by atoms with Gasteiger partial charge in [-0.25, -0.2) is 9.31 Å². The Hall–Kier alpha value is -4.76. The zero-order chi connectivity index (χ0) is 33.1. The summed E-state index contributed by atoms with van der Waals surface area (Å²) in [6.45, 7) is 5.72. The van der Waals surface area contributed by atoms with E-state index in [1.54, 1.807) is 6.20 Å². The summed E-state index contributed by atoms with van der Waals surface area (Å²) in [6, 6.07) is 23.9. The molecule has 1 aliphatic rings. The number of anilines is 3. The van der Waals surface area contributed by atoms with Crippen molar-refractivity contribution in [2.75, 3.05) is 23.8 Å². The Labute approximate surface area is 266 Å². The molecule has 4 N–H and O–H groups in total. The number of carboxylic acids is 1. The molecule has 5 rings (SSSR count). The molecule has 0 saturated heterocycles. The van der Waals surface area contributed by atoms with Gasteiger partial charge in [0.25, 0.3) is 0 Å². The van der Waals surface area contributed by atoms with Crippen LogP contribution >= 0.6 is 0 Å². The largest absolute Gasteiger partial charge is 0.494 e. The molecule has 2 aromatic carbocycles. The minimum Gasteiger partial charge on any atom is -0.494 e. The number of nitriles is 1. The topological polar surface area (TPSA) is 124 Å². The molecule has 2 aromatic heterocycles. The molecule has 0 unspecified atom stereocenters. The summed E-state index contributed by atoms with van der Waals surface area (Å²) in [7, 11) is 0. The van der Waals surface area contributed by atoms with Crippen molar-refractivity contribution in [3.8, 4) is 11.8 Å². The van der Waals surface area contributed by atoms with E-state index in [1.165, 1.54) is 5.56 Å². The van der Waals surface area contributed by atoms with E-state index in [9.17, 15) is 18.4 Å². The standard InChI is InChI=1S/C32H38N6O.C2HF3O2/c1-3-39-28-17-15-27(16-18-28)37-32-23(2)31(29(22-33)30-19-21-35-38(30)32)36-26-13-11-25(12-14-26)34-20-7-10-24-8-5-4-6-9-24;3-2(4,5)1(6)7/h4-6,8-9,15-19,21,25-26,34,36-37H,3,7,10-14,20H2,1-2H3;(H,6,7)/t25-,26-;. The number of benzene rings is 2. The van der Waals surface area contributed by atoms with Crippen LogP contribution in [0.1, 0.15) is 55.7 Å². The third kappa shape index (κ3) is 9.14. The molecule has 0 radical (unpaired) electrons. The lowest BCUT2D eigenvalue weighted by molar-refractivity contribution is -0.192. The average molecular weight is 637 g/mol. The van der Waals surface area contributed by atoms with Crippen LogP contribution in [0.2, 0.25) is 0 Å². The minimum atomic E-state index is -5.08. The quantitative estimate of drug-likeness (QED) is 0.127. The molecule has 1 fully saturated rings. The molecule has 0 amide bonds. The number of aliphatic carboxylic acids is 1. The Morgan fingerprint density at radius 2 is 1.72 bits per heavy atom. The number of rotatable bonds is 11. The first-order chi connectivity index (χ1) is 22.1. The Morgan fingerprint density at radius 3 is 2.33 bits per heavy atom. The number of nitrogens with one attached hydrogen (secondary N) is 3. The third-order valence-electron chi connectivity index (χ3n) is 7.87. The first kappa shape index (κ1) is 34.1. The second kappa shape index (κ2) is 16.0. The fourth-order valence-corrected chi connectivity index (χ4v) is 5.53. The third-order valence-corrected chi connectivity index (χ3v) is 7.87. The van der Waals surface area contributed by atoms with Crippen LogP contribution in [0.4, 0.5) is 30.4 Å². The van der Waals surface area contributed by atoms with Gasteiger partial charge in [-0.2, -0.15) is 23.5 Å². The van der Waals surface area contributed by atoms with Crippen LogP contribution in [0, 0.1) is 18.3 Å². The van der Waals surface area contributed by atoms with Crippen molar-refractivity contribution >= 4 is 28.7 Å². The fourth-order valence-electron chi connectivity index (χ4n) is 5.53. The fraction of sp³-hybridized carbons (Fsp3) is 0.382. The smallest absolute Gasteiger partial charge is 0.490 e. The van der Waals surface area contributed by atoms with E-state index in [1.807, 2.05) is 41.8 Å². The maximum atomic E-state index is 10.6. The number of nitrogens with zero attached hydrogens (tertiary/aromatic N) is 3. The molecule has 9 nitrogen and oxygen atoms in total. The molecule has 0 bridgehead atoms. The second-order valence-corrected chi connectivity index (χ2v) is 11.1. The lowest BCUT2D eigenvalue weighted by atomic mass is 9.90. The van der Waals surface area contributed by atoms with Crippen molar-refractivity contribution in [3.05, 3.63) is 83.6 Å². The van der Waals surface area contributed by atoms with Crippen molar-refractivity contribution in [1.82, 2.24) is 14.9 Å². The molecule has 4 aromatic rings. The average Bonchev–Trinajstić information content (AvgIpc) is 3.53. The van der Waals surface area contributed by atoms with Gasteiger partial charge >= 0.3 is 12.1 Å². The van der Waals surface area contributed by atoms with Gasteiger partial charge in [0.15, 0.2) is 0 Å². The number of pyridine rings is 1. The van der Waals surface area contributed by atoms with Crippen LogP contribution in [0.25, 0.3) is 5.52 Å². The van der Waals surface area contributed by atoms with Crippen LogP contribution in [-0.4, -0.2) is 52.1 Å². The molecule has 2 heterocycles. The normalized spacial score (nSPS) is 16.2. The molecule has 46 heavy (non-hydrogen) atoms. The highest BCUT2D eigenvalue weighted by Gasteiger charge is 2.38. The van der Waals surface area contributed by atoms with Gasteiger partial charge in [-0.1, -0.05) is 30.3 Å². The van der Waals surface area contributed by atoms with Crippen LogP contribution in [-0.2, 0) is 11.2 Å². The van der Waals surface area contributed by atoms with Crippen LogP contribution in [0.15, 0.2) is 66.9 Å². The zero-order valence-corrected chi connectivity index (χ0v) is 25.9. The monoisotopic (exact) mass is 636 g/mol. The van der Waals surface area contributed by atoms with Gasteiger partial charge < -0.3 is 25.8 Å². The summed E-state index contributed by atoms with van der Waals surface area (Å²) in [4.78, 5) is 8.90. The Bertz CT molecular complexity index is 1610. The SMILES string of the molecule is CCOc1ccc(Nc2c(C)c(N[C@H]3CC[C@H](NCCCc4ccccc4)CC3)c(C#N)c3ccnn23)cc1.O=C(O)C(F)(F)F. The van der Waals surface area contributed by atoms with Crippen LogP contribution in [0.3, 0.4) is 0 Å². The van der Waals surface area contributed by atoms with Gasteiger partial charge in [0, 0.05) is 23.3 Å². The van der Waals surface area contributed by atoms with Crippen molar-refractivity contribution < 1.29 is 27.8 Å². The summed E-state index contributed by atoms with van der Waals surface area (Å²) < 4.78 is 39.1. The summed E-state index contributed by atoms with van der Waals surface area (Å²) in [5.41, 5.74) is 5.67. The number of aryl methyl sites for hydroxylation is 1. The van der Waals surface area contributed by atoms with Crippen molar-refractivity contribution in [3.63, 3.8) is 0 Å². The van der Waals surface area contributed by atoms with Gasteiger partial charge in [-0.3, -0.25) is 0 Å². The van der Waals surface area contributed by atoms with Crippen LogP contribution < -0.4 is 20.7 Å². The first-order valence-corrected chi connectivity index (χ1v) is 15.3. The van der Waals surface area contributed by atoms with Crippen molar-refractivity contribution in [2.24, 2.45) is 0 Å². The van der Waals surface area contributed by atoms with Gasteiger partial charge in [0.1, 0.15) is 23.2 Å². The maximum Gasteiger partial charge on any atom is 0.490 e. The Balaban J connectivity index is 0.000000617. The number of hydrogen-bond donors (Lipinski definition) is 4. The second-order valence-electron chi connectivity index (χ2n) is 11.1. The summed E-state index contributed by atoms with van der Waals surface area (Å²) >= 11 is 0. The highest BCUT2D eigenvalue weighted by molar-refractivity contribution is 5.82. The molecule has 12 heteroatoms. The van der Waals surface area contributed by atoms with E-state index >= 15 is 0 Å². The van der Waals surface area contributed by atoms with Gasteiger partial charge in [-0.15, -0.1) is 0 Å². The van der Waals surface area contributed by atoms with Crippen molar-refractivity contribution in [1.29, 1.82) is 5.26 Å². The molecular weight excluding hydrogens is 597 g/mol. The molecule has 1 saturated carbocycles. The number of aromatic nitrogens is 2. The highest BCUT2D eigenvalue weighted by Crippen LogP contribution is 2.35. The molecule has 1 aliphatic carbocycles. The van der Waals surface area contributed by atoms with E-state index in [-0.39, 0.29) is 0 Å². The summed E-state index contributed by atoms with van der Waals surface area (Å²) in [5, 5.41) is 32.8. The van der Waals surface area contributed by atoms with E-state index < -0.39 is 12.1 Å². The van der Waals surface area contributed by atoms with E-state index in [0.717, 1.165) is 79.1 Å². The van der Waals surface area contributed by atoms with Crippen LogP contribution in [0.5, 0.6) is 5.75 Å². The molecule has 0 atom stereocenters. The Morgan fingerprint density at radius 1 is 1.07 bits per heavy atom. The Kier molecular flexibility index (Phi) is 11.9. The number of halogens is 3. The number of hydrogen-bond acceptors (Lipinski definition) is 7. The van der Waals surface area contributed by atoms with E-state index in [4.69, 9.17) is 14.6 Å². The predicted molar refractivity (Wildman–Crippen MR) is 172 cm³/mol. The molecule has 244 valence electrons. The number of fused-ring (bicyclic) bond motifs is 1. The van der Waals surface area contributed by atoms with Gasteiger partial charge in [0.05, 0.1) is 24.0 Å². The number of ether oxygens (including phenoxy) is 1. The van der Waals surface area contributed by atoms with Gasteiger partial charge in [-0.05, 0) is 94.8 Å². The number of carbonyl (C=O) groups is 1. The molecule has 0 spiro atoms. The zero-order valence-electron chi connectivity index (χ0n) is 25.9. The van der Waals surface area contributed by atoms with Crippen molar-refractivity contribution in [2.45, 2.75) is 70.6 Å². The first-order valence-electron chi connectivity index (χ1n) is 15.3. The van der Waals surface area contributed by atoms with E-state index in [2.05, 4.69) is 64.4 Å². The number of carboxylic acid groups (broad SMARTS) is 1. The summed E-state index contributed by atoms with van der Waals surface area (Å²) in [6.07, 6.45) is 3.36. The molecule has 0 aliphatic heterocycles. The predicted octanol–water partition coefficient (Wildman–Crippen LogP) is 7.24. The number of alkyl halides is 3. The molecular formula is C34H39F3N6O3. The van der Waals surface area contributed by atoms with Gasteiger partial charge in [0.2, 0.25) is 0 Å². The van der Waals surface area contributed by atoms with E-state index in [0.29, 0.717) is 24.3 Å². The summed E-state index contributed by atoms with van der Waals surface area (Å²) in [5.74, 6) is -1.06. The maximum absolute atomic E-state index is 10.6. The lowest BCUT2D eigenvalue weighted by Gasteiger charge is -2.31. The lowest BCUT2D eigenvalue weighted by Crippen LogP contribution is -2.37. The highest BCUT2D eigenvalue weighted by atomic mass is 19.4. The minimum absolute atomic E-state index is 0.335.